The molecule has 1 aromatic rings. The molecule has 6 heteroatoms. The number of hydrogen-bond acceptors (Lipinski definition) is 4. The van der Waals surface area contributed by atoms with Gasteiger partial charge in [0.2, 0.25) is 10.0 Å². The fourth-order valence-corrected chi connectivity index (χ4v) is 3.14. The highest BCUT2D eigenvalue weighted by Gasteiger charge is 2.16. The molecule has 0 aliphatic rings. The summed E-state index contributed by atoms with van der Waals surface area (Å²) in [6.45, 7) is 9.69. The van der Waals surface area contributed by atoms with Crippen molar-refractivity contribution in [2.75, 3.05) is 19.8 Å². The molecule has 0 unspecified atom stereocenters. The summed E-state index contributed by atoms with van der Waals surface area (Å²) in [5.74, 6) is 0. The SMILES string of the molecule is CCOCCNS(=O)(=O)c1cc(CNC(C)C)ccc1C. The number of aryl methyl sites for hydroxylation is 1. The van der Waals surface area contributed by atoms with Gasteiger partial charge in [0.05, 0.1) is 11.5 Å². The van der Waals surface area contributed by atoms with E-state index in [0.29, 0.717) is 30.7 Å². The first-order chi connectivity index (χ1) is 9.86. The summed E-state index contributed by atoms with van der Waals surface area (Å²) in [4.78, 5) is 0.335. The van der Waals surface area contributed by atoms with E-state index in [1.807, 2.05) is 19.1 Å². The van der Waals surface area contributed by atoms with Crippen molar-refractivity contribution in [3.8, 4) is 0 Å². The zero-order valence-corrected chi connectivity index (χ0v) is 14.1. The first-order valence-corrected chi connectivity index (χ1v) is 8.75. The Morgan fingerprint density at radius 3 is 2.62 bits per heavy atom. The minimum Gasteiger partial charge on any atom is -0.380 e. The predicted octanol–water partition coefficient (Wildman–Crippen LogP) is 1.81. The molecule has 1 rings (SSSR count). The summed E-state index contributed by atoms with van der Waals surface area (Å²) in [6.07, 6.45) is 0. The molecule has 0 heterocycles. The molecule has 120 valence electrons. The lowest BCUT2D eigenvalue weighted by atomic mass is 10.1. The smallest absolute Gasteiger partial charge is 0.240 e. The van der Waals surface area contributed by atoms with Crippen LogP contribution in [0.5, 0.6) is 0 Å². The van der Waals surface area contributed by atoms with Gasteiger partial charge >= 0.3 is 0 Å². The second kappa shape index (κ2) is 8.48. The Hall–Kier alpha value is -0.950. The van der Waals surface area contributed by atoms with Crippen LogP contribution in [0.4, 0.5) is 0 Å². The van der Waals surface area contributed by atoms with Crippen molar-refractivity contribution in [3.63, 3.8) is 0 Å². The lowest BCUT2D eigenvalue weighted by Crippen LogP contribution is -2.28. The minimum absolute atomic E-state index is 0.282. The van der Waals surface area contributed by atoms with Gasteiger partial charge in [0.1, 0.15) is 0 Å². The summed E-state index contributed by atoms with van der Waals surface area (Å²) < 4.78 is 32.4. The van der Waals surface area contributed by atoms with Crippen molar-refractivity contribution in [2.45, 2.75) is 45.2 Å². The molecule has 0 radical (unpaired) electrons. The van der Waals surface area contributed by atoms with Gasteiger partial charge in [-0.2, -0.15) is 0 Å². The average molecular weight is 314 g/mol. The van der Waals surface area contributed by atoms with Crippen LogP contribution in [0, 0.1) is 6.92 Å². The average Bonchev–Trinajstić information content (AvgIpc) is 2.42. The van der Waals surface area contributed by atoms with Crippen molar-refractivity contribution in [3.05, 3.63) is 29.3 Å². The maximum Gasteiger partial charge on any atom is 0.240 e. The molecule has 0 amide bonds. The predicted molar refractivity (Wildman–Crippen MR) is 84.8 cm³/mol. The second-order valence-electron chi connectivity index (χ2n) is 5.23. The number of ether oxygens (including phenoxy) is 1. The number of rotatable bonds is 9. The molecule has 0 saturated heterocycles. The molecule has 1 aromatic carbocycles. The Labute approximate surface area is 128 Å². The van der Waals surface area contributed by atoms with Gasteiger partial charge in [-0.3, -0.25) is 0 Å². The maximum atomic E-state index is 12.3. The maximum absolute atomic E-state index is 12.3. The summed E-state index contributed by atoms with van der Waals surface area (Å²) in [5.41, 5.74) is 1.70. The summed E-state index contributed by atoms with van der Waals surface area (Å²) in [6, 6.07) is 5.88. The lowest BCUT2D eigenvalue weighted by Gasteiger charge is -2.13. The van der Waals surface area contributed by atoms with E-state index in [1.54, 1.807) is 13.0 Å². The Morgan fingerprint density at radius 2 is 2.00 bits per heavy atom. The van der Waals surface area contributed by atoms with Gasteiger partial charge in [0, 0.05) is 25.7 Å². The topological polar surface area (TPSA) is 67.4 Å². The van der Waals surface area contributed by atoms with Crippen molar-refractivity contribution >= 4 is 10.0 Å². The fourth-order valence-electron chi connectivity index (χ4n) is 1.84. The van der Waals surface area contributed by atoms with E-state index in [9.17, 15) is 8.42 Å². The van der Waals surface area contributed by atoms with E-state index in [4.69, 9.17) is 4.74 Å². The minimum atomic E-state index is -3.49. The van der Waals surface area contributed by atoms with Crippen LogP contribution in [0.15, 0.2) is 23.1 Å². The van der Waals surface area contributed by atoms with E-state index >= 15 is 0 Å². The van der Waals surface area contributed by atoms with Crippen LogP contribution < -0.4 is 10.0 Å². The van der Waals surface area contributed by atoms with E-state index < -0.39 is 10.0 Å². The van der Waals surface area contributed by atoms with E-state index in [-0.39, 0.29) is 6.54 Å². The zero-order chi connectivity index (χ0) is 15.9. The van der Waals surface area contributed by atoms with Crippen molar-refractivity contribution < 1.29 is 13.2 Å². The molecular weight excluding hydrogens is 288 g/mol. The fraction of sp³-hybridized carbons (Fsp3) is 0.600. The number of sulfonamides is 1. The molecule has 0 spiro atoms. The van der Waals surface area contributed by atoms with Crippen LogP contribution in [-0.2, 0) is 21.3 Å². The van der Waals surface area contributed by atoms with Crippen molar-refractivity contribution in [1.29, 1.82) is 0 Å². The second-order valence-corrected chi connectivity index (χ2v) is 6.97. The molecule has 0 bridgehead atoms. The normalized spacial score (nSPS) is 12.0. The molecule has 0 fully saturated rings. The standard InChI is InChI=1S/C15H26N2O3S/c1-5-20-9-8-17-21(18,19)15-10-14(7-6-13(15)4)11-16-12(2)3/h6-7,10,12,16-17H,5,8-9,11H2,1-4H3. The highest BCUT2D eigenvalue weighted by atomic mass is 32.2. The Morgan fingerprint density at radius 1 is 1.29 bits per heavy atom. The number of nitrogens with one attached hydrogen (secondary N) is 2. The highest BCUT2D eigenvalue weighted by Crippen LogP contribution is 2.17. The monoisotopic (exact) mass is 314 g/mol. The third-order valence-corrected chi connectivity index (χ3v) is 4.60. The van der Waals surface area contributed by atoms with Crippen LogP contribution in [-0.4, -0.2) is 34.2 Å². The molecule has 0 saturated carbocycles. The van der Waals surface area contributed by atoms with E-state index in [0.717, 1.165) is 11.1 Å². The molecule has 0 aromatic heterocycles. The van der Waals surface area contributed by atoms with Crippen LogP contribution in [0.25, 0.3) is 0 Å². The molecule has 0 aliphatic carbocycles. The molecular formula is C15H26N2O3S. The molecule has 5 nitrogen and oxygen atoms in total. The van der Waals surface area contributed by atoms with Crippen LogP contribution in [0.2, 0.25) is 0 Å². The lowest BCUT2D eigenvalue weighted by molar-refractivity contribution is 0.153. The third-order valence-electron chi connectivity index (χ3n) is 3.00. The van der Waals surface area contributed by atoms with Crippen LogP contribution in [0.1, 0.15) is 31.9 Å². The van der Waals surface area contributed by atoms with Gasteiger partial charge in [-0.15, -0.1) is 0 Å². The Bertz CT molecular complexity index is 542. The van der Waals surface area contributed by atoms with E-state index in [2.05, 4.69) is 23.9 Å². The van der Waals surface area contributed by atoms with Gasteiger partial charge in [-0.25, -0.2) is 13.1 Å². The molecule has 0 aliphatic heterocycles. The molecule has 0 atom stereocenters. The van der Waals surface area contributed by atoms with Gasteiger partial charge in [0.15, 0.2) is 0 Å². The third kappa shape index (κ3) is 6.13. The highest BCUT2D eigenvalue weighted by molar-refractivity contribution is 7.89. The van der Waals surface area contributed by atoms with Gasteiger partial charge in [-0.05, 0) is 31.0 Å². The van der Waals surface area contributed by atoms with Gasteiger partial charge < -0.3 is 10.1 Å². The van der Waals surface area contributed by atoms with Crippen molar-refractivity contribution in [2.24, 2.45) is 0 Å². The van der Waals surface area contributed by atoms with Crippen LogP contribution in [0.3, 0.4) is 0 Å². The zero-order valence-electron chi connectivity index (χ0n) is 13.3. The molecule has 21 heavy (non-hydrogen) atoms. The number of benzene rings is 1. The van der Waals surface area contributed by atoms with E-state index in [1.165, 1.54) is 0 Å². The summed E-state index contributed by atoms with van der Waals surface area (Å²) in [7, 11) is -3.49. The van der Waals surface area contributed by atoms with Crippen LogP contribution >= 0.6 is 0 Å². The summed E-state index contributed by atoms with van der Waals surface area (Å²) >= 11 is 0. The Kier molecular flexibility index (Phi) is 7.31. The van der Waals surface area contributed by atoms with Gasteiger partial charge in [-0.1, -0.05) is 26.0 Å². The van der Waals surface area contributed by atoms with Gasteiger partial charge in [0.25, 0.3) is 0 Å². The largest absolute Gasteiger partial charge is 0.380 e. The summed E-state index contributed by atoms with van der Waals surface area (Å²) in [5, 5.41) is 3.28. The van der Waals surface area contributed by atoms with Crippen molar-refractivity contribution in [1.82, 2.24) is 10.0 Å². The Balaban J connectivity index is 2.81. The first kappa shape index (κ1) is 18.1. The quantitative estimate of drug-likeness (QED) is 0.682. The number of hydrogen-bond donors (Lipinski definition) is 2. The molecule has 2 N–H and O–H groups in total. The first-order valence-electron chi connectivity index (χ1n) is 7.27.